The first-order chi connectivity index (χ1) is 20.0. The minimum atomic E-state index is -0.496. The van der Waals surface area contributed by atoms with Crippen molar-refractivity contribution in [3.63, 3.8) is 0 Å². The molecule has 210 valence electrons. The summed E-state index contributed by atoms with van der Waals surface area (Å²) < 4.78 is 7.66. The van der Waals surface area contributed by atoms with Crippen LogP contribution in [0, 0.1) is 0 Å². The fraction of sp³-hybridized carbons (Fsp3) is 0.267. The van der Waals surface area contributed by atoms with Gasteiger partial charge in [0.25, 0.3) is 11.8 Å². The number of hydrogen-bond donors (Lipinski definition) is 2. The van der Waals surface area contributed by atoms with Crippen molar-refractivity contribution in [3.8, 4) is 17.1 Å². The Kier molecular flexibility index (Phi) is 8.63. The molecule has 0 saturated heterocycles. The molecule has 3 amide bonds. The molecule has 2 bridgehead atoms. The van der Waals surface area contributed by atoms with Gasteiger partial charge in [-0.2, -0.15) is 5.10 Å². The molecule has 0 spiro atoms. The van der Waals surface area contributed by atoms with E-state index in [1.165, 1.54) is 11.1 Å². The molecule has 41 heavy (non-hydrogen) atoms. The Bertz CT molecular complexity index is 1510. The molecule has 1 atom stereocenters. The normalized spacial score (nSPS) is 16.8. The quantitative estimate of drug-likeness (QED) is 0.390. The lowest BCUT2D eigenvalue weighted by Gasteiger charge is -2.23. The van der Waals surface area contributed by atoms with Gasteiger partial charge in [-0.25, -0.2) is 9.67 Å². The average molecular weight is 554 g/mol. The second-order valence-corrected chi connectivity index (χ2v) is 9.63. The van der Waals surface area contributed by atoms with Crippen molar-refractivity contribution >= 4 is 17.7 Å². The second-order valence-electron chi connectivity index (χ2n) is 9.63. The van der Waals surface area contributed by atoms with E-state index >= 15 is 0 Å². The third-order valence-corrected chi connectivity index (χ3v) is 6.59. The maximum Gasteiger partial charge on any atom is 0.255 e. The van der Waals surface area contributed by atoms with Gasteiger partial charge in [-0.05, 0) is 43.7 Å². The molecule has 1 aliphatic heterocycles. The summed E-state index contributed by atoms with van der Waals surface area (Å²) in [5, 5.41) is 10.5. The molecule has 2 N–H and O–H groups in total. The van der Waals surface area contributed by atoms with E-state index < -0.39 is 6.04 Å². The molecule has 3 heterocycles. The third kappa shape index (κ3) is 6.93. The van der Waals surface area contributed by atoms with Crippen molar-refractivity contribution in [1.82, 2.24) is 35.3 Å². The minimum Gasteiger partial charge on any atom is -0.492 e. The van der Waals surface area contributed by atoms with Gasteiger partial charge in [0, 0.05) is 36.6 Å². The van der Waals surface area contributed by atoms with Gasteiger partial charge in [0.1, 0.15) is 18.2 Å². The molecule has 5 rings (SSSR count). The van der Waals surface area contributed by atoms with Gasteiger partial charge < -0.3 is 20.3 Å². The standard InChI is InChI=1S/C30H31N7O4/c1-21-28-34-27(22-8-3-2-4-9-22)35-37(28)16-17-41-25-12-5-10-23(18-25)29(39)32-14-7-15-36(20-26(38)33-21)30(40)24-11-6-13-31-19-24/h2-6,8-13,18-19,21H,7,14-17,20H2,1H3,(H,32,39)(H,33,38)/t21-/m0/s1. The maximum atomic E-state index is 13.3. The second kappa shape index (κ2) is 12.9. The van der Waals surface area contributed by atoms with Crippen molar-refractivity contribution in [2.75, 3.05) is 26.2 Å². The van der Waals surface area contributed by atoms with E-state index in [1.807, 2.05) is 37.3 Å². The summed E-state index contributed by atoms with van der Waals surface area (Å²) in [7, 11) is 0. The summed E-state index contributed by atoms with van der Waals surface area (Å²) in [6.45, 7) is 2.87. The highest BCUT2D eigenvalue weighted by Crippen LogP contribution is 2.20. The molecule has 2 aromatic heterocycles. The Balaban J connectivity index is 1.43. The molecule has 11 heteroatoms. The Labute approximate surface area is 237 Å². The molecule has 2 aromatic carbocycles. The minimum absolute atomic E-state index is 0.170. The number of nitrogens with one attached hydrogen (secondary N) is 2. The molecule has 0 aliphatic carbocycles. The number of aromatic nitrogens is 4. The van der Waals surface area contributed by atoms with Crippen molar-refractivity contribution in [1.29, 1.82) is 0 Å². The summed E-state index contributed by atoms with van der Waals surface area (Å²) in [6, 6.07) is 19.4. The number of carbonyl (C=O) groups is 3. The van der Waals surface area contributed by atoms with Crippen LogP contribution in [-0.4, -0.2) is 68.6 Å². The Hall–Kier alpha value is -5.06. The van der Waals surface area contributed by atoms with Crippen LogP contribution in [0.15, 0.2) is 79.1 Å². The van der Waals surface area contributed by atoms with Crippen molar-refractivity contribution in [2.45, 2.75) is 25.9 Å². The van der Waals surface area contributed by atoms with Crippen LogP contribution in [0.2, 0.25) is 0 Å². The number of fused-ring (bicyclic) bond motifs is 3. The molecule has 0 radical (unpaired) electrons. The fourth-order valence-corrected chi connectivity index (χ4v) is 4.55. The Morgan fingerprint density at radius 1 is 1.00 bits per heavy atom. The predicted octanol–water partition coefficient (Wildman–Crippen LogP) is 2.87. The van der Waals surface area contributed by atoms with E-state index in [-0.39, 0.29) is 37.4 Å². The zero-order chi connectivity index (χ0) is 28.6. The molecule has 4 aromatic rings. The predicted molar refractivity (Wildman–Crippen MR) is 151 cm³/mol. The first-order valence-electron chi connectivity index (χ1n) is 13.5. The lowest BCUT2D eigenvalue weighted by Crippen LogP contribution is -2.43. The van der Waals surface area contributed by atoms with Crippen LogP contribution in [0.1, 0.15) is 45.9 Å². The van der Waals surface area contributed by atoms with Crippen LogP contribution in [-0.2, 0) is 11.3 Å². The van der Waals surface area contributed by atoms with Gasteiger partial charge in [-0.15, -0.1) is 0 Å². The molecule has 11 nitrogen and oxygen atoms in total. The van der Waals surface area contributed by atoms with E-state index in [0.717, 1.165) is 5.56 Å². The number of rotatable bonds is 2. The summed E-state index contributed by atoms with van der Waals surface area (Å²) in [4.78, 5) is 49.5. The van der Waals surface area contributed by atoms with Gasteiger partial charge in [-0.3, -0.25) is 19.4 Å². The smallest absolute Gasteiger partial charge is 0.255 e. The lowest BCUT2D eigenvalue weighted by molar-refractivity contribution is -0.122. The van der Waals surface area contributed by atoms with Crippen molar-refractivity contribution in [3.05, 3.63) is 96.1 Å². The van der Waals surface area contributed by atoms with Crippen molar-refractivity contribution < 1.29 is 19.1 Å². The van der Waals surface area contributed by atoms with Crippen LogP contribution in [0.4, 0.5) is 0 Å². The SMILES string of the molecule is C[C@@H]1NC(=O)CN(C(=O)c2cccnc2)CCCNC(=O)c2cccc(c2)OCCn2nc(-c3ccccc3)nc21. The number of amides is 3. The first kappa shape index (κ1) is 27.5. The lowest BCUT2D eigenvalue weighted by atomic mass is 10.2. The molecule has 0 unspecified atom stereocenters. The van der Waals surface area contributed by atoms with E-state index in [0.29, 0.717) is 48.0 Å². The van der Waals surface area contributed by atoms with Crippen molar-refractivity contribution in [2.24, 2.45) is 0 Å². The topological polar surface area (TPSA) is 131 Å². The Morgan fingerprint density at radius 3 is 2.63 bits per heavy atom. The zero-order valence-corrected chi connectivity index (χ0v) is 22.7. The number of nitrogens with zero attached hydrogens (tertiary/aromatic N) is 5. The highest BCUT2D eigenvalue weighted by molar-refractivity contribution is 5.96. The molecule has 0 fully saturated rings. The number of benzene rings is 2. The van der Waals surface area contributed by atoms with Crippen LogP contribution < -0.4 is 15.4 Å². The molecule has 0 saturated carbocycles. The molecule has 1 aliphatic rings. The van der Waals surface area contributed by atoms with Crippen LogP contribution in [0.25, 0.3) is 11.4 Å². The van der Waals surface area contributed by atoms with E-state index in [9.17, 15) is 14.4 Å². The molecular formula is C30H31N7O4. The third-order valence-electron chi connectivity index (χ3n) is 6.59. The van der Waals surface area contributed by atoms with Gasteiger partial charge in [0.05, 0.1) is 24.7 Å². The van der Waals surface area contributed by atoms with Crippen LogP contribution in [0.3, 0.4) is 0 Å². The van der Waals surface area contributed by atoms with E-state index in [4.69, 9.17) is 14.8 Å². The number of hydrogen-bond acceptors (Lipinski definition) is 7. The molecular weight excluding hydrogens is 522 g/mol. The summed E-state index contributed by atoms with van der Waals surface area (Å²) >= 11 is 0. The number of carbonyl (C=O) groups excluding carboxylic acids is 3. The first-order valence-corrected chi connectivity index (χ1v) is 13.5. The summed E-state index contributed by atoms with van der Waals surface area (Å²) in [6.07, 6.45) is 3.50. The van der Waals surface area contributed by atoms with Gasteiger partial charge in [-0.1, -0.05) is 36.4 Å². The monoisotopic (exact) mass is 553 g/mol. The zero-order valence-electron chi connectivity index (χ0n) is 22.7. The highest BCUT2D eigenvalue weighted by atomic mass is 16.5. The largest absolute Gasteiger partial charge is 0.492 e. The van der Waals surface area contributed by atoms with Crippen LogP contribution >= 0.6 is 0 Å². The summed E-state index contributed by atoms with van der Waals surface area (Å²) in [5.74, 6) is 0.723. The summed E-state index contributed by atoms with van der Waals surface area (Å²) in [5.41, 5.74) is 1.69. The number of pyridine rings is 1. The number of ether oxygens (including phenoxy) is 1. The maximum absolute atomic E-state index is 13.3. The van der Waals surface area contributed by atoms with E-state index in [1.54, 1.807) is 47.3 Å². The highest BCUT2D eigenvalue weighted by Gasteiger charge is 2.23. The van der Waals surface area contributed by atoms with Gasteiger partial charge >= 0.3 is 0 Å². The van der Waals surface area contributed by atoms with Gasteiger partial charge in [0.15, 0.2) is 5.82 Å². The van der Waals surface area contributed by atoms with E-state index in [2.05, 4.69) is 15.6 Å². The average Bonchev–Trinajstić information content (AvgIpc) is 3.43. The fourth-order valence-electron chi connectivity index (χ4n) is 4.55. The van der Waals surface area contributed by atoms with Crippen LogP contribution in [0.5, 0.6) is 5.75 Å². The van der Waals surface area contributed by atoms with Gasteiger partial charge in [0.2, 0.25) is 5.91 Å². The Morgan fingerprint density at radius 2 is 1.83 bits per heavy atom.